The van der Waals surface area contributed by atoms with Crippen molar-refractivity contribution in [2.45, 2.75) is 25.1 Å². The van der Waals surface area contributed by atoms with Crippen LogP contribution in [0.15, 0.2) is 23.1 Å². The van der Waals surface area contributed by atoms with Crippen LogP contribution < -0.4 is 15.6 Å². The number of halogens is 4. The minimum Gasteiger partial charge on any atom is -0.475 e. The van der Waals surface area contributed by atoms with Crippen LogP contribution in [-0.4, -0.2) is 61.1 Å². The fourth-order valence-electron chi connectivity index (χ4n) is 3.42. The summed E-state index contributed by atoms with van der Waals surface area (Å²) >= 11 is 0. The van der Waals surface area contributed by atoms with Gasteiger partial charge in [-0.05, 0) is 25.0 Å². The van der Waals surface area contributed by atoms with Crippen LogP contribution in [0.4, 0.5) is 23.2 Å². The molecule has 1 aromatic carbocycles. The molecular weight excluding hydrogens is 438 g/mol. The van der Waals surface area contributed by atoms with Gasteiger partial charge in [0, 0.05) is 43.8 Å². The number of aliphatic carboxylic acids is 1. The van der Waals surface area contributed by atoms with Gasteiger partial charge in [0.15, 0.2) is 0 Å². The van der Waals surface area contributed by atoms with Crippen molar-refractivity contribution < 1.29 is 37.0 Å². The molecule has 2 N–H and O–H groups in total. The highest BCUT2D eigenvalue weighted by Gasteiger charge is 2.38. The Bertz CT molecular complexity index is 1090. The van der Waals surface area contributed by atoms with Crippen LogP contribution in [0.1, 0.15) is 29.2 Å². The molecule has 1 saturated heterocycles. The van der Waals surface area contributed by atoms with E-state index in [0.29, 0.717) is 11.2 Å². The van der Waals surface area contributed by atoms with Gasteiger partial charge in [0.1, 0.15) is 11.4 Å². The number of nitrogens with one attached hydrogen (secondary N) is 1. The Morgan fingerprint density at radius 2 is 1.78 bits per heavy atom. The van der Waals surface area contributed by atoms with E-state index in [4.69, 9.17) is 14.6 Å². The smallest absolute Gasteiger partial charge is 0.475 e. The zero-order chi connectivity index (χ0) is 23.6. The molecule has 0 bridgehead atoms. The number of rotatable bonds is 3. The van der Waals surface area contributed by atoms with E-state index in [2.05, 4.69) is 5.32 Å². The van der Waals surface area contributed by atoms with E-state index in [1.807, 2.05) is 9.47 Å². The standard InChI is InChI=1S/C18H20FN3O3.C2HF3O2/c1-25-18(24)13-10-22(11-2-3-11)15-9-16(21-6-4-20-5-7-21)14(19)8-12(15)17(13)23;3-2(4,5)1(6)7/h8-11,20H,2-7H2,1H3;(H,6,7). The number of pyridine rings is 1. The maximum absolute atomic E-state index is 14.7. The Balaban J connectivity index is 0.000000360. The minimum atomic E-state index is -5.08. The van der Waals surface area contributed by atoms with Crippen molar-refractivity contribution in [2.75, 3.05) is 38.2 Å². The number of esters is 1. The third-order valence-electron chi connectivity index (χ3n) is 5.15. The number of alkyl halides is 3. The third-order valence-corrected chi connectivity index (χ3v) is 5.15. The lowest BCUT2D eigenvalue weighted by molar-refractivity contribution is -0.192. The predicted octanol–water partition coefficient (Wildman–Crippen LogP) is 2.31. The molecule has 2 aromatic rings. The summed E-state index contributed by atoms with van der Waals surface area (Å²) in [5.74, 6) is -3.88. The van der Waals surface area contributed by atoms with E-state index in [1.165, 1.54) is 13.2 Å². The van der Waals surface area contributed by atoms with Crippen LogP contribution in [0.25, 0.3) is 10.9 Å². The average Bonchev–Trinajstić information content (AvgIpc) is 3.59. The number of carboxylic acids is 1. The summed E-state index contributed by atoms with van der Waals surface area (Å²) in [6, 6.07) is 3.25. The number of carboxylic acid groups (broad SMARTS) is 1. The summed E-state index contributed by atoms with van der Waals surface area (Å²) in [5.41, 5.74) is 0.657. The normalized spacial score (nSPS) is 16.3. The number of benzene rings is 1. The monoisotopic (exact) mass is 459 g/mol. The van der Waals surface area contributed by atoms with E-state index in [9.17, 15) is 27.2 Å². The molecule has 1 aromatic heterocycles. The van der Waals surface area contributed by atoms with Crippen molar-refractivity contribution in [2.24, 2.45) is 0 Å². The number of hydrogen-bond acceptors (Lipinski definition) is 6. The molecule has 174 valence electrons. The molecule has 1 aliphatic carbocycles. The number of nitrogens with zero attached hydrogens (tertiary/aromatic N) is 2. The quantitative estimate of drug-likeness (QED) is 0.537. The van der Waals surface area contributed by atoms with Crippen LogP contribution in [0, 0.1) is 5.82 Å². The molecule has 1 aliphatic heterocycles. The van der Waals surface area contributed by atoms with Gasteiger partial charge in [0.25, 0.3) is 0 Å². The van der Waals surface area contributed by atoms with E-state index in [0.717, 1.165) is 39.0 Å². The number of ether oxygens (including phenoxy) is 1. The fraction of sp³-hybridized carbons (Fsp3) is 0.450. The molecule has 0 spiro atoms. The van der Waals surface area contributed by atoms with Crippen molar-refractivity contribution >= 4 is 28.5 Å². The second-order valence-corrected chi connectivity index (χ2v) is 7.36. The molecule has 8 nitrogen and oxygen atoms in total. The highest BCUT2D eigenvalue weighted by molar-refractivity contribution is 5.94. The number of piperazine rings is 1. The Kier molecular flexibility index (Phi) is 6.72. The molecular formula is C20H21F4N3O5. The minimum absolute atomic E-state index is 0.0452. The number of methoxy groups -OCH3 is 1. The third kappa shape index (κ3) is 5.01. The van der Waals surface area contributed by atoms with Gasteiger partial charge in [0.05, 0.1) is 18.3 Å². The van der Waals surface area contributed by atoms with Gasteiger partial charge in [-0.15, -0.1) is 0 Å². The summed E-state index contributed by atoms with van der Waals surface area (Å²) < 4.78 is 53.1. The second kappa shape index (κ2) is 9.15. The maximum Gasteiger partial charge on any atom is 0.490 e. The molecule has 2 aliphatic rings. The molecule has 0 amide bonds. The topological polar surface area (TPSA) is 101 Å². The van der Waals surface area contributed by atoms with Crippen molar-refractivity contribution in [1.29, 1.82) is 0 Å². The molecule has 2 heterocycles. The predicted molar refractivity (Wildman–Crippen MR) is 107 cm³/mol. The molecule has 4 rings (SSSR count). The van der Waals surface area contributed by atoms with E-state index in [1.54, 1.807) is 12.3 Å². The Morgan fingerprint density at radius 3 is 2.28 bits per heavy atom. The SMILES string of the molecule is COC(=O)c1cn(C2CC2)c2cc(N3CCNCC3)c(F)cc2c1=O.O=C(O)C(F)(F)F. The number of carbonyl (C=O) groups excluding carboxylic acids is 1. The van der Waals surface area contributed by atoms with Gasteiger partial charge < -0.3 is 24.6 Å². The summed E-state index contributed by atoms with van der Waals surface area (Å²) in [6.07, 6.45) is -1.55. The molecule has 32 heavy (non-hydrogen) atoms. The van der Waals surface area contributed by atoms with Gasteiger partial charge in [-0.25, -0.2) is 14.0 Å². The molecule has 0 atom stereocenters. The number of carbonyl (C=O) groups is 2. The largest absolute Gasteiger partial charge is 0.490 e. The van der Waals surface area contributed by atoms with Crippen LogP contribution in [0.2, 0.25) is 0 Å². The number of hydrogen-bond donors (Lipinski definition) is 2. The maximum atomic E-state index is 14.7. The lowest BCUT2D eigenvalue weighted by atomic mass is 10.1. The van der Waals surface area contributed by atoms with Crippen LogP contribution in [-0.2, 0) is 9.53 Å². The highest BCUT2D eigenvalue weighted by atomic mass is 19.4. The van der Waals surface area contributed by atoms with Gasteiger partial charge in [0.2, 0.25) is 5.43 Å². The Morgan fingerprint density at radius 1 is 1.19 bits per heavy atom. The van der Waals surface area contributed by atoms with E-state index < -0.39 is 29.4 Å². The first kappa shape index (κ1) is 23.5. The number of fused-ring (bicyclic) bond motifs is 1. The first-order chi connectivity index (χ1) is 15.0. The van der Waals surface area contributed by atoms with Crippen LogP contribution in [0.3, 0.4) is 0 Å². The summed E-state index contributed by atoms with van der Waals surface area (Å²) in [6.45, 7) is 3.04. The molecule has 12 heteroatoms. The summed E-state index contributed by atoms with van der Waals surface area (Å²) in [7, 11) is 1.24. The number of anilines is 1. The summed E-state index contributed by atoms with van der Waals surface area (Å²) in [5, 5.41) is 10.6. The van der Waals surface area contributed by atoms with Gasteiger partial charge in [-0.1, -0.05) is 0 Å². The van der Waals surface area contributed by atoms with Crippen molar-refractivity contribution in [1.82, 2.24) is 9.88 Å². The van der Waals surface area contributed by atoms with Crippen molar-refractivity contribution in [3.63, 3.8) is 0 Å². The first-order valence-electron chi connectivity index (χ1n) is 9.77. The first-order valence-corrected chi connectivity index (χ1v) is 9.77. The zero-order valence-electron chi connectivity index (χ0n) is 17.0. The average molecular weight is 459 g/mol. The lowest BCUT2D eigenvalue weighted by Gasteiger charge is -2.30. The van der Waals surface area contributed by atoms with Crippen LogP contribution in [0.5, 0.6) is 0 Å². The van der Waals surface area contributed by atoms with E-state index >= 15 is 0 Å². The second-order valence-electron chi connectivity index (χ2n) is 7.36. The van der Waals surface area contributed by atoms with Gasteiger partial charge >= 0.3 is 18.1 Å². The molecule has 0 unspecified atom stereocenters. The fourth-order valence-corrected chi connectivity index (χ4v) is 3.42. The highest BCUT2D eigenvalue weighted by Crippen LogP contribution is 2.38. The lowest BCUT2D eigenvalue weighted by Crippen LogP contribution is -2.43. The van der Waals surface area contributed by atoms with Crippen LogP contribution >= 0.6 is 0 Å². The molecule has 0 radical (unpaired) electrons. The summed E-state index contributed by atoms with van der Waals surface area (Å²) in [4.78, 5) is 35.5. The van der Waals surface area contributed by atoms with Crippen molar-refractivity contribution in [3.8, 4) is 0 Å². The van der Waals surface area contributed by atoms with Gasteiger partial charge in [-0.3, -0.25) is 4.79 Å². The van der Waals surface area contributed by atoms with Crippen molar-refractivity contribution in [3.05, 3.63) is 39.9 Å². The molecule has 1 saturated carbocycles. The van der Waals surface area contributed by atoms with Gasteiger partial charge in [-0.2, -0.15) is 13.2 Å². The zero-order valence-corrected chi connectivity index (χ0v) is 17.0. The van der Waals surface area contributed by atoms with E-state index in [-0.39, 0.29) is 17.0 Å². The number of aromatic nitrogens is 1. The Hall–Kier alpha value is -3.15. The molecule has 2 fully saturated rings. The Labute approximate surface area is 179 Å².